The Hall–Kier alpha value is -2.84. The molecule has 1 aromatic carbocycles. The van der Waals surface area contributed by atoms with Gasteiger partial charge in [0.1, 0.15) is 7.11 Å². The Labute approximate surface area is 192 Å². The highest BCUT2D eigenvalue weighted by Gasteiger charge is 2.32. The van der Waals surface area contributed by atoms with Crippen molar-refractivity contribution in [1.82, 2.24) is 5.32 Å². The van der Waals surface area contributed by atoms with E-state index in [0.717, 1.165) is 43.2 Å². The summed E-state index contributed by atoms with van der Waals surface area (Å²) in [5.74, 6) is -1.23. The minimum absolute atomic E-state index is 0.0115. The quantitative estimate of drug-likeness (QED) is 0.355. The molecule has 9 heteroatoms. The zero-order valence-corrected chi connectivity index (χ0v) is 19.3. The predicted octanol–water partition coefficient (Wildman–Crippen LogP) is 5.07. The second kappa shape index (κ2) is 11.3. The summed E-state index contributed by atoms with van der Waals surface area (Å²) in [4.78, 5) is 30.2. The van der Waals surface area contributed by atoms with Gasteiger partial charge in [-0.15, -0.1) is 0 Å². The number of rotatable bonds is 1. The van der Waals surface area contributed by atoms with Gasteiger partial charge in [-0.2, -0.15) is 13.2 Å². The summed E-state index contributed by atoms with van der Waals surface area (Å²) >= 11 is 0. The molecule has 0 bridgehead atoms. The van der Waals surface area contributed by atoms with E-state index in [0.29, 0.717) is 12.8 Å². The van der Waals surface area contributed by atoms with Gasteiger partial charge in [0.2, 0.25) is 0 Å². The molecule has 1 heterocycles. The van der Waals surface area contributed by atoms with Crippen molar-refractivity contribution in [3.63, 3.8) is 0 Å². The van der Waals surface area contributed by atoms with Crippen molar-refractivity contribution in [2.45, 2.75) is 58.5 Å². The molecule has 6 nitrogen and oxygen atoms in total. The van der Waals surface area contributed by atoms with Crippen molar-refractivity contribution < 1.29 is 32.3 Å². The molecule has 1 aliphatic rings. The Balaban J connectivity index is 2.40. The van der Waals surface area contributed by atoms with Gasteiger partial charge in [0.05, 0.1) is 17.9 Å². The number of esters is 1. The van der Waals surface area contributed by atoms with E-state index in [2.05, 4.69) is 17.1 Å². The number of nitrogens with zero attached hydrogens (tertiary/aromatic N) is 1. The van der Waals surface area contributed by atoms with Gasteiger partial charge >= 0.3 is 12.1 Å². The van der Waals surface area contributed by atoms with Gasteiger partial charge in [-0.3, -0.25) is 4.79 Å². The van der Waals surface area contributed by atoms with Gasteiger partial charge in [-0.05, 0) is 43.0 Å². The summed E-state index contributed by atoms with van der Waals surface area (Å²) in [6.45, 7) is 7.90. The molecule has 0 atom stereocenters. The van der Waals surface area contributed by atoms with Crippen LogP contribution in [-0.2, 0) is 27.0 Å². The van der Waals surface area contributed by atoms with Crippen LogP contribution in [0.4, 0.5) is 13.2 Å². The summed E-state index contributed by atoms with van der Waals surface area (Å²) in [7, 11) is 1.46. The van der Waals surface area contributed by atoms with Gasteiger partial charge in [-0.25, -0.2) is 4.79 Å². The number of cyclic esters (lactones) is 1. The van der Waals surface area contributed by atoms with Crippen LogP contribution in [0, 0.1) is 5.41 Å². The first-order valence-electron chi connectivity index (χ1n) is 10.9. The predicted molar refractivity (Wildman–Crippen MR) is 119 cm³/mol. The van der Waals surface area contributed by atoms with Crippen LogP contribution in [0.3, 0.4) is 0 Å². The Morgan fingerprint density at radius 1 is 1.15 bits per heavy atom. The lowest BCUT2D eigenvalue weighted by atomic mass is 9.84. The normalized spacial score (nSPS) is 20.4. The third-order valence-electron chi connectivity index (χ3n) is 5.58. The van der Waals surface area contributed by atoms with Crippen LogP contribution in [0.5, 0.6) is 0 Å². The second-order valence-electron chi connectivity index (χ2n) is 8.74. The standard InChI is InChI=1S/C24H31F3N2O4/c1-16-13-17-14-18(24(25,26)27)10-11-19(17)21(30)28-15-23(2,3)20(29-32-4)9-7-5-6-8-12-33-22(16)31/h10-11,14H,1,5-9,12-13,15H2,2-4H3,(H,28,30)/b29-20+. The number of benzene rings is 1. The maximum Gasteiger partial charge on any atom is 0.416 e. The molecule has 0 radical (unpaired) electrons. The number of hydrogen-bond donors (Lipinski definition) is 1. The summed E-state index contributed by atoms with van der Waals surface area (Å²) < 4.78 is 45.0. The summed E-state index contributed by atoms with van der Waals surface area (Å²) in [5, 5.41) is 6.94. The van der Waals surface area contributed by atoms with Crippen molar-refractivity contribution in [2.24, 2.45) is 10.6 Å². The summed E-state index contributed by atoms with van der Waals surface area (Å²) in [6.07, 6.45) is -0.903. The molecule has 0 aliphatic carbocycles. The van der Waals surface area contributed by atoms with E-state index in [9.17, 15) is 22.8 Å². The number of halogens is 3. The Bertz CT molecular complexity index is 907. The number of carbonyl (C=O) groups excluding carboxylic acids is 2. The average molecular weight is 469 g/mol. The van der Waals surface area contributed by atoms with Crippen molar-refractivity contribution in [3.8, 4) is 0 Å². The van der Waals surface area contributed by atoms with Crippen molar-refractivity contribution >= 4 is 17.6 Å². The Morgan fingerprint density at radius 2 is 1.85 bits per heavy atom. The first-order valence-corrected chi connectivity index (χ1v) is 10.9. The largest absolute Gasteiger partial charge is 0.462 e. The van der Waals surface area contributed by atoms with E-state index in [1.807, 2.05) is 13.8 Å². The molecular formula is C24H31F3N2O4. The van der Waals surface area contributed by atoms with E-state index in [4.69, 9.17) is 9.57 Å². The number of oxime groups is 1. The number of ether oxygens (including phenoxy) is 1. The van der Waals surface area contributed by atoms with Gasteiger partial charge in [0, 0.05) is 29.5 Å². The Kier molecular flexibility index (Phi) is 9.07. The van der Waals surface area contributed by atoms with Crippen LogP contribution >= 0.6 is 0 Å². The molecule has 182 valence electrons. The van der Waals surface area contributed by atoms with Gasteiger partial charge < -0.3 is 14.9 Å². The fourth-order valence-corrected chi connectivity index (χ4v) is 3.57. The average Bonchev–Trinajstić information content (AvgIpc) is 2.74. The lowest BCUT2D eigenvalue weighted by Crippen LogP contribution is -2.39. The smallest absolute Gasteiger partial charge is 0.416 e. The molecule has 0 unspecified atom stereocenters. The first kappa shape index (κ1) is 26.4. The van der Waals surface area contributed by atoms with Crippen molar-refractivity contribution in [2.75, 3.05) is 20.3 Å². The first-order chi connectivity index (χ1) is 15.5. The number of alkyl halides is 3. The highest BCUT2D eigenvalue weighted by atomic mass is 19.4. The third kappa shape index (κ3) is 7.61. The second-order valence-corrected chi connectivity index (χ2v) is 8.74. The number of hydrogen-bond acceptors (Lipinski definition) is 5. The molecule has 0 spiro atoms. The van der Waals surface area contributed by atoms with Crippen LogP contribution < -0.4 is 5.32 Å². The number of carbonyl (C=O) groups is 2. The molecule has 1 aliphatic heterocycles. The van der Waals surface area contributed by atoms with E-state index in [1.54, 1.807) is 0 Å². The highest BCUT2D eigenvalue weighted by Crippen LogP contribution is 2.31. The Morgan fingerprint density at radius 3 is 2.52 bits per heavy atom. The lowest BCUT2D eigenvalue weighted by Gasteiger charge is -2.27. The fraction of sp³-hybridized carbons (Fsp3) is 0.542. The molecule has 33 heavy (non-hydrogen) atoms. The summed E-state index contributed by atoms with van der Waals surface area (Å²) in [5.41, 5.74) is -0.575. The molecular weight excluding hydrogens is 437 g/mol. The molecule has 0 aromatic heterocycles. The zero-order chi connectivity index (χ0) is 24.6. The van der Waals surface area contributed by atoms with Crippen LogP contribution in [-0.4, -0.2) is 37.8 Å². The zero-order valence-electron chi connectivity index (χ0n) is 19.3. The van der Waals surface area contributed by atoms with Gasteiger partial charge in [0.25, 0.3) is 5.91 Å². The monoisotopic (exact) mass is 468 g/mol. The molecule has 1 N–H and O–H groups in total. The number of nitrogens with one attached hydrogen (secondary N) is 1. The molecule has 0 saturated carbocycles. The minimum Gasteiger partial charge on any atom is -0.462 e. The number of amides is 1. The maximum atomic E-state index is 13.3. The van der Waals surface area contributed by atoms with Gasteiger partial charge in [-0.1, -0.05) is 38.4 Å². The fourth-order valence-electron chi connectivity index (χ4n) is 3.57. The van der Waals surface area contributed by atoms with E-state index in [1.165, 1.54) is 7.11 Å². The van der Waals surface area contributed by atoms with Crippen LogP contribution in [0.1, 0.15) is 67.4 Å². The van der Waals surface area contributed by atoms with E-state index in [-0.39, 0.29) is 36.3 Å². The molecule has 1 amide bonds. The minimum atomic E-state index is -4.59. The van der Waals surface area contributed by atoms with Crippen molar-refractivity contribution in [3.05, 3.63) is 47.0 Å². The maximum absolute atomic E-state index is 13.3. The summed E-state index contributed by atoms with van der Waals surface area (Å²) in [6, 6.07) is 2.85. The SMILES string of the molecule is C=C1Cc2cc(C(F)(F)F)ccc2C(=O)NCC(C)(C)/C(=N/OC)CCCCCCOC1=O. The topological polar surface area (TPSA) is 77.0 Å². The van der Waals surface area contributed by atoms with Crippen LogP contribution in [0.15, 0.2) is 35.5 Å². The van der Waals surface area contributed by atoms with E-state index >= 15 is 0 Å². The van der Waals surface area contributed by atoms with Crippen LogP contribution in [0.25, 0.3) is 0 Å². The molecule has 0 saturated heterocycles. The molecule has 1 aromatic rings. The number of fused-ring (bicyclic) bond motifs is 1. The molecule has 2 rings (SSSR count). The van der Waals surface area contributed by atoms with E-state index < -0.39 is 29.0 Å². The lowest BCUT2D eigenvalue weighted by molar-refractivity contribution is -0.139. The third-order valence-corrected chi connectivity index (χ3v) is 5.58. The van der Waals surface area contributed by atoms with Crippen molar-refractivity contribution in [1.29, 1.82) is 0 Å². The highest BCUT2D eigenvalue weighted by molar-refractivity contribution is 5.97. The van der Waals surface area contributed by atoms with Crippen LogP contribution in [0.2, 0.25) is 0 Å². The van der Waals surface area contributed by atoms with Gasteiger partial charge in [0.15, 0.2) is 0 Å². The molecule has 0 fully saturated rings.